The maximum atomic E-state index is 10.3. The average molecular weight is 481 g/mol. The highest BCUT2D eigenvalue weighted by molar-refractivity contribution is 9.09. The summed E-state index contributed by atoms with van der Waals surface area (Å²) < 4.78 is 9.90. The van der Waals surface area contributed by atoms with Crippen molar-refractivity contribution in [1.29, 1.82) is 0 Å². The van der Waals surface area contributed by atoms with Crippen LogP contribution < -0.4 is 9.47 Å². The van der Waals surface area contributed by atoms with Crippen molar-refractivity contribution in [2.75, 3.05) is 25.3 Å². The van der Waals surface area contributed by atoms with Crippen LogP contribution in [0.5, 0.6) is 11.5 Å². The molecule has 0 saturated heterocycles. The lowest BCUT2D eigenvalue weighted by atomic mass is 10.3. The first kappa shape index (κ1) is 25.2. The first-order valence-corrected chi connectivity index (χ1v) is 9.97. The fourth-order valence-electron chi connectivity index (χ4n) is 1.40. The standard InChI is InChI=1S/C9H10O3S.C7H8OS.C2H3BrO2/c1-12-7-2-4-8(5-3-7)13-6-9(10)11;1-8-6-2-4-7(9)5-3-6;3-1-2(4)5/h2-5H,6H2,1H3,(H,10,11);2-5,9H,1H3;1H2,(H,4,5)/i6+1,9+1;;1+1,2+1. The molecule has 0 spiro atoms. The van der Waals surface area contributed by atoms with E-state index in [1.54, 1.807) is 14.2 Å². The number of carboxylic acid groups (broad SMARTS) is 2. The molecule has 0 radical (unpaired) electrons. The molecule has 0 heterocycles. The summed E-state index contributed by atoms with van der Waals surface area (Å²) in [5.74, 6) is 0.102. The van der Waals surface area contributed by atoms with E-state index >= 15 is 0 Å². The van der Waals surface area contributed by atoms with Gasteiger partial charge in [0.2, 0.25) is 0 Å². The number of hydrogen-bond donors (Lipinski definition) is 3. The summed E-state index contributed by atoms with van der Waals surface area (Å²) in [6, 6.07) is 14.8. The summed E-state index contributed by atoms with van der Waals surface area (Å²) in [5, 5.41) is 16.1. The Hall–Kier alpha value is -1.84. The Morgan fingerprint density at radius 1 is 0.926 bits per heavy atom. The van der Waals surface area contributed by atoms with Crippen LogP contribution in [0.2, 0.25) is 0 Å². The number of carboxylic acids is 2. The van der Waals surface area contributed by atoms with Crippen LogP contribution in [0.25, 0.3) is 0 Å². The van der Waals surface area contributed by atoms with Gasteiger partial charge in [-0.3, -0.25) is 9.59 Å². The zero-order chi connectivity index (χ0) is 20.7. The van der Waals surface area contributed by atoms with E-state index in [1.807, 2.05) is 48.5 Å². The molecule has 2 rings (SSSR count). The van der Waals surface area contributed by atoms with E-state index in [9.17, 15) is 9.59 Å². The summed E-state index contributed by atoms with van der Waals surface area (Å²) in [5.41, 5.74) is 0. The summed E-state index contributed by atoms with van der Waals surface area (Å²) >= 11 is 8.12. The summed E-state index contributed by atoms with van der Waals surface area (Å²) in [7, 11) is 3.24. The Kier molecular flexibility index (Phi) is 14.2. The summed E-state index contributed by atoms with van der Waals surface area (Å²) in [4.78, 5) is 21.5. The summed E-state index contributed by atoms with van der Waals surface area (Å²) in [6.07, 6.45) is 0. The highest BCUT2D eigenvalue weighted by Crippen LogP contribution is 2.20. The number of hydrogen-bond acceptors (Lipinski definition) is 6. The molecule has 0 saturated carbocycles. The number of thiol groups is 1. The van der Waals surface area contributed by atoms with Crippen molar-refractivity contribution < 1.29 is 29.3 Å². The lowest BCUT2D eigenvalue weighted by Crippen LogP contribution is -1.97. The molecular weight excluding hydrogens is 460 g/mol. The molecule has 0 amide bonds. The Bertz CT molecular complexity index is 677. The number of benzene rings is 2. The van der Waals surface area contributed by atoms with Gasteiger partial charge in [-0.25, -0.2) is 0 Å². The molecule has 27 heavy (non-hydrogen) atoms. The van der Waals surface area contributed by atoms with Crippen molar-refractivity contribution >= 4 is 52.3 Å². The summed E-state index contributed by atoms with van der Waals surface area (Å²) in [6.45, 7) is 0. The molecule has 0 unspecified atom stereocenters. The van der Waals surface area contributed by atoms with Gasteiger partial charge in [0.25, 0.3) is 0 Å². The second kappa shape index (κ2) is 15.2. The van der Waals surface area contributed by atoms with E-state index < -0.39 is 11.9 Å². The molecule has 2 aromatic carbocycles. The van der Waals surface area contributed by atoms with Gasteiger partial charge >= 0.3 is 11.9 Å². The molecule has 6 nitrogen and oxygen atoms in total. The Labute approximate surface area is 176 Å². The van der Waals surface area contributed by atoms with Crippen molar-refractivity contribution in [3.63, 3.8) is 0 Å². The van der Waals surface area contributed by atoms with E-state index in [0.717, 1.165) is 21.3 Å². The van der Waals surface area contributed by atoms with Crippen LogP contribution in [-0.2, 0) is 9.59 Å². The second-order valence-corrected chi connectivity index (χ2v) is 6.71. The van der Waals surface area contributed by atoms with E-state index in [0.29, 0.717) is 0 Å². The topological polar surface area (TPSA) is 93.1 Å². The van der Waals surface area contributed by atoms with Crippen molar-refractivity contribution in [2.45, 2.75) is 9.79 Å². The fraction of sp³-hybridized carbons (Fsp3) is 0.222. The first-order chi connectivity index (χ1) is 12.8. The van der Waals surface area contributed by atoms with Crippen LogP contribution in [-0.4, -0.2) is 47.5 Å². The number of methoxy groups -OCH3 is 2. The van der Waals surface area contributed by atoms with Crippen LogP contribution in [0.3, 0.4) is 0 Å². The number of thioether (sulfide) groups is 1. The van der Waals surface area contributed by atoms with E-state index in [4.69, 9.17) is 19.7 Å². The van der Waals surface area contributed by atoms with Crippen LogP contribution in [0.15, 0.2) is 58.3 Å². The lowest BCUT2D eigenvalue weighted by molar-refractivity contribution is -0.134. The predicted molar refractivity (Wildman–Crippen MR) is 113 cm³/mol. The predicted octanol–water partition coefficient (Wildman–Crippen LogP) is 4.32. The molecule has 2 aromatic rings. The van der Waals surface area contributed by atoms with Crippen LogP contribution in [0.4, 0.5) is 0 Å². The van der Waals surface area contributed by atoms with Gasteiger partial charge in [-0.1, -0.05) is 15.9 Å². The normalized spacial score (nSPS) is 9.04. The van der Waals surface area contributed by atoms with E-state index in [2.05, 4.69) is 28.6 Å². The van der Waals surface area contributed by atoms with E-state index in [1.165, 1.54) is 11.8 Å². The number of aliphatic carboxylic acids is 2. The smallest absolute Gasteiger partial charge is 0.314 e. The van der Waals surface area contributed by atoms with E-state index in [-0.39, 0.29) is 11.1 Å². The molecule has 148 valence electrons. The van der Waals surface area contributed by atoms with Crippen LogP contribution in [0.1, 0.15) is 0 Å². The van der Waals surface area contributed by atoms with Gasteiger partial charge in [-0.2, -0.15) is 0 Å². The SMILES string of the molecule is COc1ccc(S)cc1.COc1ccc(S[13CH2][13C](=O)O)cc1.O=[13C](O)[13CH2]Br. The van der Waals surface area contributed by atoms with Crippen LogP contribution in [0, 0.1) is 0 Å². The van der Waals surface area contributed by atoms with Crippen molar-refractivity contribution in [3.05, 3.63) is 48.5 Å². The lowest BCUT2D eigenvalue weighted by Gasteiger charge is -2.00. The molecule has 0 fully saturated rings. The van der Waals surface area contributed by atoms with Crippen molar-refractivity contribution in [1.82, 2.24) is 0 Å². The monoisotopic (exact) mass is 480 g/mol. The minimum Gasteiger partial charge on any atom is -0.497 e. The van der Waals surface area contributed by atoms with Gasteiger partial charge in [-0.05, 0) is 48.5 Å². The van der Waals surface area contributed by atoms with Crippen molar-refractivity contribution in [2.24, 2.45) is 0 Å². The maximum absolute atomic E-state index is 10.3. The molecule has 0 atom stereocenters. The quantitative estimate of drug-likeness (QED) is 0.245. The van der Waals surface area contributed by atoms with Gasteiger partial charge in [0.15, 0.2) is 0 Å². The minimum absolute atomic E-state index is 0.0347. The zero-order valence-corrected chi connectivity index (χ0v) is 18.1. The van der Waals surface area contributed by atoms with Gasteiger partial charge in [0, 0.05) is 9.79 Å². The first-order valence-electron chi connectivity index (χ1n) is 7.41. The molecule has 0 aliphatic heterocycles. The molecule has 0 aliphatic rings. The van der Waals surface area contributed by atoms with Gasteiger partial charge in [0.1, 0.15) is 16.8 Å². The third-order valence-electron chi connectivity index (χ3n) is 2.61. The molecule has 2 N–H and O–H groups in total. The maximum Gasteiger partial charge on any atom is 0.314 e. The Morgan fingerprint density at radius 2 is 1.33 bits per heavy atom. The third-order valence-corrected chi connectivity index (χ3v) is 4.38. The Balaban J connectivity index is 0.000000419. The molecule has 0 bridgehead atoms. The van der Waals surface area contributed by atoms with Crippen molar-refractivity contribution in [3.8, 4) is 11.5 Å². The van der Waals surface area contributed by atoms with Gasteiger partial charge in [-0.15, -0.1) is 24.4 Å². The number of ether oxygens (including phenoxy) is 2. The number of alkyl halides is 1. The minimum atomic E-state index is -0.829. The molecule has 9 heteroatoms. The third kappa shape index (κ3) is 14.0. The average Bonchev–Trinajstić information content (AvgIpc) is 2.68. The molecule has 0 aliphatic carbocycles. The van der Waals surface area contributed by atoms with Gasteiger partial charge < -0.3 is 19.7 Å². The largest absolute Gasteiger partial charge is 0.497 e. The number of halogens is 1. The highest BCUT2D eigenvalue weighted by atomic mass is 79.9. The van der Waals surface area contributed by atoms with Gasteiger partial charge in [0.05, 0.1) is 20.0 Å². The number of rotatable bonds is 6. The second-order valence-electron chi connectivity index (χ2n) is 4.58. The zero-order valence-electron chi connectivity index (χ0n) is 14.8. The highest BCUT2D eigenvalue weighted by Gasteiger charge is 1.99. The van der Waals surface area contributed by atoms with Crippen LogP contribution >= 0.6 is 40.3 Å². The molecule has 0 aromatic heterocycles. The molecular formula is C18H21BrO6S2. The number of carbonyl (C=O) groups is 2. The Morgan fingerprint density at radius 3 is 1.67 bits per heavy atom. The fourth-order valence-corrected chi connectivity index (χ4v) is 2.17.